The van der Waals surface area contributed by atoms with Gasteiger partial charge in [-0.2, -0.15) is 0 Å². The summed E-state index contributed by atoms with van der Waals surface area (Å²) < 4.78 is 5.55. The minimum absolute atomic E-state index is 0.453. The van der Waals surface area contributed by atoms with Gasteiger partial charge in [-0.1, -0.05) is 39.5 Å². The Kier molecular flexibility index (Phi) is 6.97. The minimum atomic E-state index is 0.453. The summed E-state index contributed by atoms with van der Waals surface area (Å²) in [4.78, 5) is 2.83. The van der Waals surface area contributed by atoms with Crippen molar-refractivity contribution in [2.45, 2.75) is 77.3 Å². The Morgan fingerprint density at radius 3 is 2.67 bits per heavy atom. The molecular weight excluding hydrogens is 260 g/mol. The number of piperazine rings is 1. The van der Waals surface area contributed by atoms with Gasteiger partial charge in [0.15, 0.2) is 0 Å². The monoisotopic (exact) mass is 296 g/mol. The van der Waals surface area contributed by atoms with Crippen molar-refractivity contribution in [2.24, 2.45) is 5.92 Å². The fraction of sp³-hybridized carbons (Fsp3) is 1.00. The number of rotatable bonds is 7. The molecule has 2 rings (SSSR count). The molecule has 1 saturated carbocycles. The lowest BCUT2D eigenvalue weighted by molar-refractivity contribution is -0.00543. The lowest BCUT2D eigenvalue weighted by Gasteiger charge is -2.53. The predicted molar refractivity (Wildman–Crippen MR) is 89.7 cm³/mol. The van der Waals surface area contributed by atoms with Gasteiger partial charge in [0.25, 0.3) is 0 Å². The standard InChI is InChI=1S/C18H36N2O/c1-4-16(3)17-14-20(12-9-13-21-5-2)18(15-19-17)10-7-6-8-11-18/h16-17,19H,4-15H2,1-3H3. The fourth-order valence-electron chi connectivity index (χ4n) is 4.13. The number of hydrogen-bond acceptors (Lipinski definition) is 3. The first kappa shape index (κ1) is 17.2. The molecule has 2 atom stereocenters. The van der Waals surface area contributed by atoms with E-state index in [2.05, 4.69) is 31.0 Å². The van der Waals surface area contributed by atoms with E-state index in [0.717, 1.165) is 19.1 Å². The summed E-state index contributed by atoms with van der Waals surface area (Å²) in [6.07, 6.45) is 9.50. The Balaban J connectivity index is 1.95. The summed E-state index contributed by atoms with van der Waals surface area (Å²) in [6.45, 7) is 12.2. The van der Waals surface area contributed by atoms with E-state index < -0.39 is 0 Å². The van der Waals surface area contributed by atoms with Crippen molar-refractivity contribution in [3.63, 3.8) is 0 Å². The molecular formula is C18H36N2O. The Bertz CT molecular complexity index is 289. The first-order chi connectivity index (χ1) is 10.2. The van der Waals surface area contributed by atoms with Crippen LogP contribution in [0.4, 0.5) is 0 Å². The van der Waals surface area contributed by atoms with Crippen LogP contribution < -0.4 is 5.32 Å². The maximum absolute atomic E-state index is 5.55. The smallest absolute Gasteiger partial charge is 0.0478 e. The number of nitrogens with one attached hydrogen (secondary N) is 1. The van der Waals surface area contributed by atoms with Crippen LogP contribution in [0.3, 0.4) is 0 Å². The summed E-state index contributed by atoms with van der Waals surface area (Å²) in [5, 5.41) is 3.89. The molecule has 3 heteroatoms. The topological polar surface area (TPSA) is 24.5 Å². The van der Waals surface area contributed by atoms with Crippen molar-refractivity contribution >= 4 is 0 Å². The highest BCUT2D eigenvalue weighted by molar-refractivity contribution is 5.01. The van der Waals surface area contributed by atoms with Crippen LogP contribution in [0.25, 0.3) is 0 Å². The van der Waals surface area contributed by atoms with Gasteiger partial charge in [0.05, 0.1) is 0 Å². The molecule has 3 nitrogen and oxygen atoms in total. The summed E-state index contributed by atoms with van der Waals surface area (Å²) in [6, 6.07) is 0.676. The summed E-state index contributed by atoms with van der Waals surface area (Å²) in [7, 11) is 0. The third-order valence-electron chi connectivity index (χ3n) is 5.82. The van der Waals surface area contributed by atoms with E-state index in [1.165, 1.54) is 64.6 Å². The zero-order valence-electron chi connectivity index (χ0n) is 14.5. The first-order valence-electron chi connectivity index (χ1n) is 9.28. The summed E-state index contributed by atoms with van der Waals surface area (Å²) in [5.41, 5.74) is 0.453. The SMILES string of the molecule is CCOCCCN1CC(C(C)CC)NCC12CCCCC2. The quantitative estimate of drug-likeness (QED) is 0.728. The second-order valence-corrected chi connectivity index (χ2v) is 7.15. The van der Waals surface area contributed by atoms with E-state index in [9.17, 15) is 0 Å². The second kappa shape index (κ2) is 8.50. The lowest BCUT2D eigenvalue weighted by atomic mass is 9.77. The molecule has 1 N–H and O–H groups in total. The molecule has 1 heterocycles. The molecule has 0 aromatic rings. The largest absolute Gasteiger partial charge is 0.382 e. The van der Waals surface area contributed by atoms with Gasteiger partial charge in [0.1, 0.15) is 0 Å². The van der Waals surface area contributed by atoms with Gasteiger partial charge in [-0.05, 0) is 32.1 Å². The van der Waals surface area contributed by atoms with E-state index >= 15 is 0 Å². The molecule has 1 saturated heterocycles. The molecule has 0 radical (unpaired) electrons. The molecule has 1 aliphatic carbocycles. The summed E-state index contributed by atoms with van der Waals surface area (Å²) in [5.74, 6) is 0.778. The average Bonchev–Trinajstić information content (AvgIpc) is 2.53. The number of nitrogens with zero attached hydrogens (tertiary/aromatic N) is 1. The van der Waals surface area contributed by atoms with Gasteiger partial charge >= 0.3 is 0 Å². The third-order valence-corrected chi connectivity index (χ3v) is 5.82. The predicted octanol–water partition coefficient (Wildman–Crippen LogP) is 3.44. The van der Waals surface area contributed by atoms with Gasteiger partial charge in [-0.15, -0.1) is 0 Å². The Morgan fingerprint density at radius 1 is 1.24 bits per heavy atom. The molecule has 0 aromatic carbocycles. The lowest BCUT2D eigenvalue weighted by Crippen LogP contribution is -2.66. The van der Waals surface area contributed by atoms with Crippen molar-refractivity contribution in [3.05, 3.63) is 0 Å². The van der Waals surface area contributed by atoms with E-state index in [0.29, 0.717) is 11.6 Å². The van der Waals surface area contributed by atoms with E-state index in [-0.39, 0.29) is 0 Å². The van der Waals surface area contributed by atoms with Crippen LogP contribution in [0.5, 0.6) is 0 Å². The van der Waals surface area contributed by atoms with E-state index in [1.54, 1.807) is 0 Å². The maximum Gasteiger partial charge on any atom is 0.0478 e. The number of ether oxygens (including phenoxy) is 1. The van der Waals surface area contributed by atoms with Crippen LogP contribution in [0.15, 0.2) is 0 Å². The molecule has 0 amide bonds. The van der Waals surface area contributed by atoms with Gasteiger partial charge in [-0.25, -0.2) is 0 Å². The summed E-state index contributed by atoms with van der Waals surface area (Å²) >= 11 is 0. The van der Waals surface area contributed by atoms with Crippen molar-refractivity contribution in [3.8, 4) is 0 Å². The van der Waals surface area contributed by atoms with E-state index in [4.69, 9.17) is 4.74 Å². The van der Waals surface area contributed by atoms with Gasteiger partial charge in [0.2, 0.25) is 0 Å². The highest BCUT2D eigenvalue weighted by atomic mass is 16.5. The minimum Gasteiger partial charge on any atom is -0.382 e. The van der Waals surface area contributed by atoms with Crippen molar-refractivity contribution in [1.29, 1.82) is 0 Å². The van der Waals surface area contributed by atoms with Gasteiger partial charge < -0.3 is 10.1 Å². The van der Waals surface area contributed by atoms with Crippen molar-refractivity contribution in [2.75, 3.05) is 32.8 Å². The molecule has 1 spiro atoms. The Hall–Kier alpha value is -0.120. The fourth-order valence-corrected chi connectivity index (χ4v) is 4.13. The Labute approximate surface area is 131 Å². The average molecular weight is 296 g/mol. The van der Waals surface area contributed by atoms with Crippen LogP contribution in [-0.4, -0.2) is 49.3 Å². The van der Waals surface area contributed by atoms with Crippen LogP contribution in [0, 0.1) is 5.92 Å². The van der Waals surface area contributed by atoms with Crippen molar-refractivity contribution < 1.29 is 4.74 Å². The third kappa shape index (κ3) is 4.43. The highest BCUT2D eigenvalue weighted by Crippen LogP contribution is 2.36. The maximum atomic E-state index is 5.55. The van der Waals surface area contributed by atoms with Gasteiger partial charge in [-0.3, -0.25) is 4.90 Å². The zero-order valence-corrected chi connectivity index (χ0v) is 14.5. The Morgan fingerprint density at radius 2 is 2.00 bits per heavy atom. The highest BCUT2D eigenvalue weighted by Gasteiger charge is 2.42. The molecule has 0 aromatic heterocycles. The van der Waals surface area contributed by atoms with Gasteiger partial charge in [0, 0.05) is 44.4 Å². The second-order valence-electron chi connectivity index (χ2n) is 7.15. The zero-order chi connectivity index (χ0) is 15.1. The molecule has 124 valence electrons. The van der Waals surface area contributed by atoms with Crippen LogP contribution in [-0.2, 0) is 4.74 Å². The molecule has 21 heavy (non-hydrogen) atoms. The molecule has 1 aliphatic heterocycles. The molecule has 0 bridgehead atoms. The van der Waals surface area contributed by atoms with Crippen LogP contribution in [0.1, 0.15) is 65.7 Å². The normalized spacial score (nSPS) is 27.9. The van der Waals surface area contributed by atoms with Crippen LogP contribution in [0.2, 0.25) is 0 Å². The molecule has 2 unspecified atom stereocenters. The van der Waals surface area contributed by atoms with Crippen molar-refractivity contribution in [1.82, 2.24) is 10.2 Å². The number of hydrogen-bond donors (Lipinski definition) is 1. The molecule has 2 fully saturated rings. The molecule has 2 aliphatic rings. The van der Waals surface area contributed by atoms with E-state index in [1.807, 2.05) is 0 Å². The first-order valence-corrected chi connectivity index (χ1v) is 9.28. The van der Waals surface area contributed by atoms with Crippen LogP contribution >= 0.6 is 0 Å².